The van der Waals surface area contributed by atoms with Crippen molar-refractivity contribution in [2.75, 3.05) is 11.4 Å². The summed E-state index contributed by atoms with van der Waals surface area (Å²) in [5.74, 6) is -0.310. The number of hydrogen-bond acceptors (Lipinski definition) is 2. The van der Waals surface area contributed by atoms with Crippen LogP contribution in [-0.4, -0.2) is 23.7 Å². The predicted octanol–water partition coefficient (Wildman–Crippen LogP) is 3.77. The molecule has 4 heteroatoms. The number of carboxylic acids is 1. The van der Waals surface area contributed by atoms with Crippen LogP contribution in [0.2, 0.25) is 0 Å². The summed E-state index contributed by atoms with van der Waals surface area (Å²) in [5, 5.41) is 9.11. The fraction of sp³-hybridized carbons (Fsp3) is 0.500. The number of carbonyl (C=O) groups is 1. The number of rotatable bonds is 5. The second-order valence-electron chi connectivity index (χ2n) is 5.28. The maximum atomic E-state index is 11.1. The molecule has 0 atom stereocenters. The molecule has 1 aromatic rings. The molecule has 98 valence electrons. The lowest BCUT2D eigenvalue weighted by atomic mass is 10.1. The van der Waals surface area contributed by atoms with Crippen molar-refractivity contribution in [1.82, 2.24) is 0 Å². The molecule has 0 spiro atoms. The van der Waals surface area contributed by atoms with Gasteiger partial charge in [-0.3, -0.25) is 0 Å². The van der Waals surface area contributed by atoms with E-state index in [1.165, 1.54) is 12.8 Å². The highest BCUT2D eigenvalue weighted by molar-refractivity contribution is 9.10. The van der Waals surface area contributed by atoms with Gasteiger partial charge in [-0.25, -0.2) is 4.79 Å². The van der Waals surface area contributed by atoms with Gasteiger partial charge in [-0.05, 0) is 37.0 Å². The van der Waals surface area contributed by atoms with E-state index in [0.717, 1.165) is 16.7 Å². The Morgan fingerprint density at radius 1 is 1.44 bits per heavy atom. The zero-order valence-electron chi connectivity index (χ0n) is 10.7. The largest absolute Gasteiger partial charge is 0.478 e. The number of aromatic carboxylic acids is 1. The van der Waals surface area contributed by atoms with Gasteiger partial charge in [0.15, 0.2) is 0 Å². The van der Waals surface area contributed by atoms with E-state index in [4.69, 9.17) is 5.11 Å². The van der Waals surface area contributed by atoms with Crippen LogP contribution < -0.4 is 4.90 Å². The molecule has 1 fully saturated rings. The Labute approximate surface area is 116 Å². The lowest BCUT2D eigenvalue weighted by Gasteiger charge is -2.27. The molecule has 1 aromatic carbocycles. The van der Waals surface area contributed by atoms with E-state index in [2.05, 4.69) is 34.7 Å². The summed E-state index contributed by atoms with van der Waals surface area (Å²) in [4.78, 5) is 13.4. The van der Waals surface area contributed by atoms with E-state index in [1.54, 1.807) is 12.1 Å². The zero-order chi connectivity index (χ0) is 13.3. The highest BCUT2D eigenvalue weighted by atomic mass is 79.9. The zero-order valence-corrected chi connectivity index (χ0v) is 12.3. The van der Waals surface area contributed by atoms with Crippen molar-refractivity contribution in [3.63, 3.8) is 0 Å². The summed E-state index contributed by atoms with van der Waals surface area (Å²) in [5.41, 5.74) is 1.35. The summed E-state index contributed by atoms with van der Waals surface area (Å²) in [7, 11) is 0. The van der Waals surface area contributed by atoms with Crippen molar-refractivity contribution < 1.29 is 9.90 Å². The van der Waals surface area contributed by atoms with Gasteiger partial charge < -0.3 is 10.0 Å². The molecule has 0 heterocycles. The first-order valence-corrected chi connectivity index (χ1v) is 7.07. The molecule has 3 nitrogen and oxygen atoms in total. The van der Waals surface area contributed by atoms with Gasteiger partial charge in [0, 0.05) is 22.7 Å². The van der Waals surface area contributed by atoms with Crippen molar-refractivity contribution >= 4 is 27.6 Å². The van der Waals surface area contributed by atoms with Crippen molar-refractivity contribution in [3.05, 3.63) is 28.2 Å². The highest BCUT2D eigenvalue weighted by Gasteiger charge is 2.30. The molecule has 1 N–H and O–H groups in total. The lowest BCUT2D eigenvalue weighted by molar-refractivity contribution is 0.0697. The van der Waals surface area contributed by atoms with Crippen LogP contribution in [-0.2, 0) is 0 Å². The Bertz CT molecular complexity index is 455. The summed E-state index contributed by atoms with van der Waals surface area (Å²) >= 11 is 3.40. The smallest absolute Gasteiger partial charge is 0.335 e. The SMILES string of the molecule is CC(C)CN(c1cc(Br)cc(C(=O)O)c1)C1CC1. The second-order valence-corrected chi connectivity index (χ2v) is 6.20. The van der Waals surface area contributed by atoms with Crippen LogP contribution in [0.1, 0.15) is 37.0 Å². The molecule has 0 radical (unpaired) electrons. The summed E-state index contributed by atoms with van der Waals surface area (Å²) in [6.07, 6.45) is 2.42. The van der Waals surface area contributed by atoms with E-state index < -0.39 is 5.97 Å². The third-order valence-corrected chi connectivity index (χ3v) is 3.47. The number of benzene rings is 1. The van der Waals surface area contributed by atoms with Crippen LogP contribution in [0.15, 0.2) is 22.7 Å². The van der Waals surface area contributed by atoms with E-state index in [9.17, 15) is 4.79 Å². The summed E-state index contributed by atoms with van der Waals surface area (Å²) < 4.78 is 0.826. The van der Waals surface area contributed by atoms with Crippen LogP contribution in [0, 0.1) is 5.92 Å². The predicted molar refractivity (Wildman–Crippen MR) is 76.3 cm³/mol. The fourth-order valence-electron chi connectivity index (χ4n) is 2.11. The normalized spacial score (nSPS) is 14.9. The minimum absolute atomic E-state index is 0.341. The molecular weight excluding hydrogens is 294 g/mol. The first-order chi connectivity index (χ1) is 8.47. The third kappa shape index (κ3) is 3.25. The van der Waals surface area contributed by atoms with Crippen molar-refractivity contribution in [2.24, 2.45) is 5.92 Å². The number of halogens is 1. The van der Waals surface area contributed by atoms with Gasteiger partial charge in [0.2, 0.25) is 0 Å². The molecule has 0 saturated heterocycles. The molecule has 1 aliphatic rings. The Morgan fingerprint density at radius 3 is 2.61 bits per heavy atom. The molecule has 0 bridgehead atoms. The third-order valence-electron chi connectivity index (χ3n) is 3.01. The van der Waals surface area contributed by atoms with Gasteiger partial charge in [0.25, 0.3) is 0 Å². The Kier molecular flexibility index (Phi) is 3.95. The molecule has 0 unspecified atom stereocenters. The monoisotopic (exact) mass is 311 g/mol. The standard InChI is InChI=1S/C14H18BrNO2/c1-9(2)8-16(12-3-4-12)13-6-10(14(17)18)5-11(15)7-13/h5-7,9,12H,3-4,8H2,1-2H3,(H,17,18). The lowest BCUT2D eigenvalue weighted by Crippen LogP contribution is -2.30. The Hall–Kier alpha value is -1.03. The first-order valence-electron chi connectivity index (χ1n) is 6.28. The maximum Gasteiger partial charge on any atom is 0.335 e. The topological polar surface area (TPSA) is 40.5 Å². The second kappa shape index (κ2) is 5.31. The summed E-state index contributed by atoms with van der Waals surface area (Å²) in [6.45, 7) is 5.34. The number of anilines is 1. The molecule has 18 heavy (non-hydrogen) atoms. The quantitative estimate of drug-likeness (QED) is 0.899. The summed E-state index contributed by atoms with van der Waals surface area (Å²) in [6, 6.07) is 6.01. The van der Waals surface area contributed by atoms with Crippen LogP contribution in [0.25, 0.3) is 0 Å². The molecule has 2 rings (SSSR count). The van der Waals surface area contributed by atoms with Gasteiger partial charge >= 0.3 is 5.97 Å². The number of nitrogens with zero attached hydrogens (tertiary/aromatic N) is 1. The Morgan fingerprint density at radius 2 is 2.11 bits per heavy atom. The molecular formula is C14H18BrNO2. The van der Waals surface area contributed by atoms with Gasteiger partial charge in [0.1, 0.15) is 0 Å². The number of carboxylic acid groups (broad SMARTS) is 1. The minimum atomic E-state index is -0.877. The van der Waals surface area contributed by atoms with Crippen LogP contribution in [0.3, 0.4) is 0 Å². The van der Waals surface area contributed by atoms with Crippen molar-refractivity contribution in [2.45, 2.75) is 32.7 Å². The van der Waals surface area contributed by atoms with Crippen molar-refractivity contribution in [3.8, 4) is 0 Å². The molecule has 0 aromatic heterocycles. The average molecular weight is 312 g/mol. The Balaban J connectivity index is 2.31. The maximum absolute atomic E-state index is 11.1. The average Bonchev–Trinajstić information content (AvgIpc) is 3.08. The van der Waals surface area contributed by atoms with Crippen LogP contribution >= 0.6 is 15.9 Å². The van der Waals surface area contributed by atoms with Crippen LogP contribution in [0.5, 0.6) is 0 Å². The van der Waals surface area contributed by atoms with Crippen LogP contribution in [0.4, 0.5) is 5.69 Å². The number of hydrogen-bond donors (Lipinski definition) is 1. The highest BCUT2D eigenvalue weighted by Crippen LogP contribution is 2.34. The molecule has 1 saturated carbocycles. The van der Waals surface area contributed by atoms with Gasteiger partial charge in [-0.15, -0.1) is 0 Å². The van der Waals surface area contributed by atoms with Gasteiger partial charge in [-0.1, -0.05) is 29.8 Å². The van der Waals surface area contributed by atoms with E-state index in [-0.39, 0.29) is 0 Å². The van der Waals surface area contributed by atoms with Gasteiger partial charge in [0.05, 0.1) is 5.56 Å². The minimum Gasteiger partial charge on any atom is -0.478 e. The van der Waals surface area contributed by atoms with E-state index in [1.807, 2.05) is 6.07 Å². The first kappa shape index (κ1) is 13.4. The molecule has 0 amide bonds. The van der Waals surface area contributed by atoms with Gasteiger partial charge in [-0.2, -0.15) is 0 Å². The molecule has 0 aliphatic heterocycles. The van der Waals surface area contributed by atoms with Crippen molar-refractivity contribution in [1.29, 1.82) is 0 Å². The van der Waals surface area contributed by atoms with E-state index >= 15 is 0 Å². The fourth-order valence-corrected chi connectivity index (χ4v) is 2.59. The van der Waals surface area contributed by atoms with E-state index in [0.29, 0.717) is 17.5 Å². The molecule has 1 aliphatic carbocycles.